The monoisotopic (exact) mass is 381 g/mol. The number of hydrogen-bond acceptors (Lipinski definition) is 4. The van der Waals surface area contributed by atoms with Crippen LogP contribution in [0.15, 0.2) is 45.6 Å². The maximum Gasteiger partial charge on any atom is 0.234 e. The second kappa shape index (κ2) is 7.16. The molecule has 1 amide bonds. The summed E-state index contributed by atoms with van der Waals surface area (Å²) in [5.74, 6) is 0.600. The van der Waals surface area contributed by atoms with Crippen LogP contribution >= 0.6 is 11.6 Å². The van der Waals surface area contributed by atoms with Gasteiger partial charge in [0.1, 0.15) is 11.9 Å². The van der Waals surface area contributed by atoms with E-state index < -0.39 is 5.92 Å². The number of aromatic nitrogens is 2. The smallest absolute Gasteiger partial charge is 0.234 e. The summed E-state index contributed by atoms with van der Waals surface area (Å²) in [6.07, 6.45) is 9.51. The fraction of sp³-hybridized carbons (Fsp3) is 0.400. The molecule has 138 valence electrons. The normalized spacial score (nSPS) is 26.8. The van der Waals surface area contributed by atoms with E-state index in [2.05, 4.69) is 26.6 Å². The lowest BCUT2D eigenvalue weighted by Crippen LogP contribution is -2.21. The van der Waals surface area contributed by atoms with Crippen LogP contribution in [0.3, 0.4) is 0 Å². The van der Waals surface area contributed by atoms with Gasteiger partial charge in [-0.25, -0.2) is 0 Å². The van der Waals surface area contributed by atoms with Crippen LogP contribution in [-0.2, 0) is 4.79 Å². The highest BCUT2D eigenvalue weighted by atomic mass is 35.5. The standard InChI is InChI=1S/C20H20ClN5O/c1-11(20(27)24-18-9-17(25-26-18)12-5-6-12)16-8-13-3-2-4-15(21)7-14(10-22)19(13)23-16/h4,7-9,11-13H,2-3,5-6H2,1H3,(H2,24,25,26,27)/b14-7-,15-4+/t11-,13?/m1/s1. The highest BCUT2D eigenvalue weighted by Gasteiger charge is 2.30. The molecule has 1 aromatic rings. The van der Waals surface area contributed by atoms with E-state index in [0.29, 0.717) is 33.7 Å². The summed E-state index contributed by atoms with van der Waals surface area (Å²) >= 11 is 6.11. The van der Waals surface area contributed by atoms with Crippen molar-refractivity contribution in [2.45, 2.75) is 38.5 Å². The van der Waals surface area contributed by atoms with Crippen molar-refractivity contribution < 1.29 is 4.79 Å². The zero-order valence-electron chi connectivity index (χ0n) is 15.0. The van der Waals surface area contributed by atoms with Gasteiger partial charge in [-0.2, -0.15) is 10.4 Å². The number of nitrogens with one attached hydrogen (secondary N) is 2. The SMILES string of the molecule is C[C@@H](C(=O)Nc1cc(C2CC2)n[nH]1)C1=CC2CC/C=C(Cl)\C=C(\C#N)C2=N1. The van der Waals surface area contributed by atoms with Crippen LogP contribution in [0.5, 0.6) is 0 Å². The summed E-state index contributed by atoms with van der Waals surface area (Å²) in [7, 11) is 0. The maximum absolute atomic E-state index is 12.7. The fourth-order valence-corrected chi connectivity index (χ4v) is 3.61. The molecule has 4 rings (SSSR count). The van der Waals surface area contributed by atoms with Crippen LogP contribution < -0.4 is 5.32 Å². The van der Waals surface area contributed by atoms with E-state index in [1.807, 2.05) is 25.1 Å². The van der Waals surface area contributed by atoms with Gasteiger partial charge in [-0.3, -0.25) is 14.9 Å². The van der Waals surface area contributed by atoms with Crippen molar-refractivity contribution in [1.82, 2.24) is 10.2 Å². The first-order valence-corrected chi connectivity index (χ1v) is 9.57. The second-order valence-corrected chi connectivity index (χ2v) is 7.66. The maximum atomic E-state index is 12.7. The molecule has 2 N–H and O–H groups in total. The number of aromatic amines is 1. The van der Waals surface area contributed by atoms with Gasteiger partial charge in [0.25, 0.3) is 0 Å². The van der Waals surface area contributed by atoms with Crippen LogP contribution in [0.1, 0.15) is 44.2 Å². The molecule has 1 aliphatic heterocycles. The van der Waals surface area contributed by atoms with Crippen molar-refractivity contribution in [3.63, 3.8) is 0 Å². The van der Waals surface area contributed by atoms with E-state index in [0.717, 1.165) is 31.4 Å². The number of carbonyl (C=O) groups excluding carboxylic acids is 1. The summed E-state index contributed by atoms with van der Waals surface area (Å²) in [5, 5.41) is 20.0. The lowest BCUT2D eigenvalue weighted by atomic mass is 9.91. The van der Waals surface area contributed by atoms with Crippen molar-refractivity contribution in [2.75, 3.05) is 5.32 Å². The number of nitriles is 1. The third kappa shape index (κ3) is 3.74. The van der Waals surface area contributed by atoms with Gasteiger partial charge in [0.2, 0.25) is 5.91 Å². The number of carbonyl (C=O) groups is 1. The number of fused-ring (bicyclic) bond motifs is 1. The molecule has 2 heterocycles. The minimum atomic E-state index is -0.429. The van der Waals surface area contributed by atoms with Crippen molar-refractivity contribution in [3.8, 4) is 6.07 Å². The molecule has 0 aromatic carbocycles. The van der Waals surface area contributed by atoms with Gasteiger partial charge in [0.05, 0.1) is 22.9 Å². The predicted octanol–water partition coefficient (Wildman–Crippen LogP) is 4.18. The summed E-state index contributed by atoms with van der Waals surface area (Å²) in [5.41, 5.74) is 2.86. The molecule has 0 spiro atoms. The van der Waals surface area contributed by atoms with E-state index in [9.17, 15) is 10.1 Å². The fourth-order valence-electron chi connectivity index (χ4n) is 3.39. The predicted molar refractivity (Wildman–Crippen MR) is 104 cm³/mol. The Morgan fingerprint density at radius 1 is 1.44 bits per heavy atom. The van der Waals surface area contributed by atoms with Gasteiger partial charge < -0.3 is 5.32 Å². The van der Waals surface area contributed by atoms with Gasteiger partial charge in [0, 0.05) is 28.6 Å². The molecular weight excluding hydrogens is 362 g/mol. The van der Waals surface area contributed by atoms with Crippen LogP contribution in [0.2, 0.25) is 0 Å². The number of nitrogens with zero attached hydrogens (tertiary/aromatic N) is 3. The number of anilines is 1. The van der Waals surface area contributed by atoms with Crippen molar-refractivity contribution in [2.24, 2.45) is 16.8 Å². The molecule has 0 bridgehead atoms. The number of H-pyrrole nitrogens is 1. The number of rotatable bonds is 4. The van der Waals surface area contributed by atoms with Crippen molar-refractivity contribution in [3.05, 3.63) is 46.3 Å². The summed E-state index contributed by atoms with van der Waals surface area (Å²) in [6.45, 7) is 1.82. The Balaban J connectivity index is 1.50. The molecule has 3 aliphatic rings. The summed E-state index contributed by atoms with van der Waals surface area (Å²) in [4.78, 5) is 17.3. The number of aliphatic imine (C=N–C) groups is 1. The molecule has 1 aromatic heterocycles. The molecule has 0 saturated heterocycles. The average Bonchev–Trinajstić information content (AvgIpc) is 3.26. The molecule has 0 radical (unpaired) electrons. The Kier molecular flexibility index (Phi) is 4.71. The molecule has 2 aliphatic carbocycles. The molecule has 1 unspecified atom stereocenters. The number of amides is 1. The molecule has 1 fully saturated rings. The van der Waals surface area contributed by atoms with Crippen LogP contribution in [0, 0.1) is 23.2 Å². The highest BCUT2D eigenvalue weighted by molar-refractivity contribution is 6.31. The number of halogens is 1. The highest BCUT2D eigenvalue weighted by Crippen LogP contribution is 2.39. The van der Waals surface area contributed by atoms with Gasteiger partial charge in [-0.05, 0) is 38.7 Å². The summed E-state index contributed by atoms with van der Waals surface area (Å²) < 4.78 is 0. The minimum absolute atomic E-state index is 0.0378. The quantitative estimate of drug-likeness (QED) is 0.818. The second-order valence-electron chi connectivity index (χ2n) is 7.22. The molecule has 7 heteroatoms. The Bertz CT molecular complexity index is 942. The minimum Gasteiger partial charge on any atom is -0.311 e. The lowest BCUT2D eigenvalue weighted by molar-refractivity contribution is -0.118. The first kappa shape index (κ1) is 17.7. The number of hydrogen-bond donors (Lipinski definition) is 2. The average molecular weight is 382 g/mol. The Morgan fingerprint density at radius 2 is 2.26 bits per heavy atom. The molecule has 27 heavy (non-hydrogen) atoms. The van der Waals surface area contributed by atoms with Gasteiger partial charge in [0.15, 0.2) is 0 Å². The topological polar surface area (TPSA) is 93.9 Å². The van der Waals surface area contributed by atoms with Crippen LogP contribution in [0.4, 0.5) is 5.82 Å². The largest absolute Gasteiger partial charge is 0.311 e. The van der Waals surface area contributed by atoms with E-state index in [1.165, 1.54) is 0 Å². The van der Waals surface area contributed by atoms with Crippen LogP contribution in [0.25, 0.3) is 0 Å². The molecule has 6 nitrogen and oxygen atoms in total. The van der Waals surface area contributed by atoms with E-state index >= 15 is 0 Å². The van der Waals surface area contributed by atoms with Gasteiger partial charge in [-0.1, -0.05) is 23.8 Å². The Labute approximate surface area is 162 Å². The van der Waals surface area contributed by atoms with Gasteiger partial charge >= 0.3 is 0 Å². The third-order valence-corrected chi connectivity index (χ3v) is 5.42. The van der Waals surface area contributed by atoms with Crippen molar-refractivity contribution >= 4 is 29.0 Å². The zero-order valence-corrected chi connectivity index (χ0v) is 15.8. The Hall–Kier alpha value is -2.65. The first-order valence-electron chi connectivity index (χ1n) is 9.19. The van der Waals surface area contributed by atoms with Crippen molar-refractivity contribution in [1.29, 1.82) is 5.26 Å². The van der Waals surface area contributed by atoms with Gasteiger partial charge in [-0.15, -0.1) is 0 Å². The van der Waals surface area contributed by atoms with E-state index in [4.69, 9.17) is 11.6 Å². The lowest BCUT2D eigenvalue weighted by Gasteiger charge is -2.12. The van der Waals surface area contributed by atoms with Crippen LogP contribution in [-0.4, -0.2) is 21.8 Å². The number of allylic oxidation sites excluding steroid dienone is 5. The molecule has 1 saturated carbocycles. The van der Waals surface area contributed by atoms with E-state index in [-0.39, 0.29) is 11.8 Å². The molecular formula is C20H20ClN5O. The third-order valence-electron chi connectivity index (χ3n) is 5.16. The molecule has 2 atom stereocenters. The zero-order chi connectivity index (χ0) is 19.0. The van der Waals surface area contributed by atoms with E-state index in [1.54, 1.807) is 6.08 Å². The first-order chi connectivity index (χ1) is 13.0. The summed E-state index contributed by atoms with van der Waals surface area (Å²) in [6, 6.07) is 4.08. The Morgan fingerprint density at radius 3 is 3.00 bits per heavy atom.